The number of hydrogen-bond donors (Lipinski definition) is 1. The van der Waals surface area contributed by atoms with E-state index in [1.165, 1.54) is 11.8 Å². The molecule has 3 heteroatoms. The van der Waals surface area contributed by atoms with Crippen LogP contribution in [0.1, 0.15) is 12.8 Å². The van der Waals surface area contributed by atoms with Crippen LogP contribution in [0.2, 0.25) is 0 Å². The summed E-state index contributed by atoms with van der Waals surface area (Å²) < 4.78 is 0. The lowest BCUT2D eigenvalue weighted by Gasteiger charge is -2.03. The molecule has 70 valence electrons. The Morgan fingerprint density at radius 2 is 2.31 bits per heavy atom. The van der Waals surface area contributed by atoms with Gasteiger partial charge in [0, 0.05) is 0 Å². The van der Waals surface area contributed by atoms with E-state index < -0.39 is 5.97 Å². The Labute approximate surface area is 82.0 Å². The topological polar surface area (TPSA) is 37.3 Å². The van der Waals surface area contributed by atoms with E-state index in [9.17, 15) is 4.79 Å². The molecule has 0 saturated heterocycles. The summed E-state index contributed by atoms with van der Waals surface area (Å²) in [5.41, 5.74) is 0. The van der Waals surface area contributed by atoms with Gasteiger partial charge in [-0.15, -0.1) is 11.8 Å². The van der Waals surface area contributed by atoms with Crippen molar-refractivity contribution in [3.63, 3.8) is 0 Å². The zero-order chi connectivity index (χ0) is 9.52. The molecule has 2 nitrogen and oxygen atoms in total. The molecule has 0 bridgehead atoms. The normalized spacial score (nSPS) is 25.1. The first-order chi connectivity index (χ1) is 6.29. The van der Waals surface area contributed by atoms with E-state index in [4.69, 9.17) is 5.11 Å². The van der Waals surface area contributed by atoms with Gasteiger partial charge in [0.25, 0.3) is 0 Å². The molecule has 0 saturated carbocycles. The molecular weight excluding hydrogens is 184 g/mol. The van der Waals surface area contributed by atoms with Crippen molar-refractivity contribution in [2.45, 2.75) is 12.8 Å². The first kappa shape index (κ1) is 10.1. The number of thioether (sulfide) groups is 1. The molecule has 0 amide bonds. The van der Waals surface area contributed by atoms with Crippen molar-refractivity contribution in [3.05, 3.63) is 35.3 Å². The maximum atomic E-state index is 10.3. The van der Waals surface area contributed by atoms with Crippen LogP contribution in [0.25, 0.3) is 0 Å². The lowest BCUT2D eigenvalue weighted by Crippen LogP contribution is -1.98. The van der Waals surface area contributed by atoms with Crippen LogP contribution in [0.4, 0.5) is 0 Å². The Bertz CT molecular complexity index is 264. The van der Waals surface area contributed by atoms with Gasteiger partial charge in [0.05, 0.1) is 5.75 Å². The van der Waals surface area contributed by atoms with Gasteiger partial charge in [0.15, 0.2) is 0 Å². The predicted octanol–water partition coefficient (Wildman–Crippen LogP) is 2.59. The van der Waals surface area contributed by atoms with Crippen LogP contribution in [-0.4, -0.2) is 16.8 Å². The first-order valence-corrected chi connectivity index (χ1v) is 5.14. The highest BCUT2D eigenvalue weighted by Gasteiger charge is 2.01. The van der Waals surface area contributed by atoms with E-state index in [1.54, 1.807) is 0 Å². The highest BCUT2D eigenvalue weighted by atomic mass is 32.2. The molecule has 0 aliphatic heterocycles. The van der Waals surface area contributed by atoms with Crippen LogP contribution in [0.3, 0.4) is 0 Å². The monoisotopic (exact) mass is 196 g/mol. The molecule has 1 aliphatic carbocycles. The van der Waals surface area contributed by atoms with Gasteiger partial charge in [-0.05, 0) is 17.7 Å². The fourth-order valence-corrected chi connectivity index (χ4v) is 1.73. The lowest BCUT2D eigenvalue weighted by atomic mass is 10.2. The van der Waals surface area contributed by atoms with Gasteiger partial charge in [0.2, 0.25) is 0 Å². The zero-order valence-electron chi connectivity index (χ0n) is 7.27. The van der Waals surface area contributed by atoms with Crippen LogP contribution in [0.5, 0.6) is 0 Å². The third kappa shape index (κ3) is 4.58. The summed E-state index contributed by atoms with van der Waals surface area (Å²) in [6.07, 6.45) is 11.9. The van der Waals surface area contributed by atoms with Gasteiger partial charge in [-0.2, -0.15) is 0 Å². The summed E-state index contributed by atoms with van der Waals surface area (Å²) in [5, 5.41) is 8.49. The number of aliphatic carboxylic acids is 1. The minimum Gasteiger partial charge on any atom is -0.481 e. The van der Waals surface area contributed by atoms with Crippen molar-refractivity contribution >= 4 is 17.7 Å². The van der Waals surface area contributed by atoms with E-state index in [-0.39, 0.29) is 5.75 Å². The second-order valence-electron chi connectivity index (χ2n) is 2.67. The van der Waals surface area contributed by atoms with Crippen molar-refractivity contribution < 1.29 is 9.90 Å². The third-order valence-corrected chi connectivity index (χ3v) is 2.68. The number of hydrogen-bond acceptors (Lipinski definition) is 2. The largest absolute Gasteiger partial charge is 0.481 e. The van der Waals surface area contributed by atoms with E-state index in [0.29, 0.717) is 0 Å². The molecule has 0 heterocycles. The third-order valence-electron chi connectivity index (χ3n) is 1.58. The fourth-order valence-electron chi connectivity index (χ4n) is 0.985. The SMILES string of the molecule is O=C(O)CS/C1=C/C=C\C=C\CC1. The minimum absolute atomic E-state index is 0.156. The summed E-state index contributed by atoms with van der Waals surface area (Å²) in [7, 11) is 0. The zero-order valence-corrected chi connectivity index (χ0v) is 8.09. The Hall–Kier alpha value is -0.960. The second kappa shape index (κ2) is 5.65. The lowest BCUT2D eigenvalue weighted by molar-refractivity contribution is -0.133. The quantitative estimate of drug-likeness (QED) is 0.753. The summed E-state index contributed by atoms with van der Waals surface area (Å²) in [4.78, 5) is 11.5. The molecule has 0 unspecified atom stereocenters. The number of carboxylic acid groups (broad SMARTS) is 1. The molecular formula is C10H12O2S. The standard InChI is InChI=1S/C10H12O2S/c11-10(12)8-13-9-6-4-2-1-3-5-7-9/h1-4,6H,5,7-8H2,(H,11,12)/b3-1+,4-2-,9-6+. The van der Waals surface area contributed by atoms with Crippen molar-refractivity contribution in [2.24, 2.45) is 0 Å². The maximum absolute atomic E-state index is 10.3. The van der Waals surface area contributed by atoms with Gasteiger partial charge in [-0.1, -0.05) is 30.4 Å². The van der Waals surface area contributed by atoms with Crippen molar-refractivity contribution in [2.75, 3.05) is 5.75 Å². The molecule has 0 spiro atoms. The van der Waals surface area contributed by atoms with Crippen LogP contribution < -0.4 is 0 Å². The highest BCUT2D eigenvalue weighted by Crippen LogP contribution is 2.22. The van der Waals surface area contributed by atoms with E-state index in [2.05, 4.69) is 6.08 Å². The molecule has 0 aromatic carbocycles. The van der Waals surface area contributed by atoms with Gasteiger partial charge in [0.1, 0.15) is 0 Å². The molecule has 13 heavy (non-hydrogen) atoms. The second-order valence-corrected chi connectivity index (χ2v) is 3.77. The van der Waals surface area contributed by atoms with E-state index in [0.717, 1.165) is 17.7 Å². The summed E-state index contributed by atoms with van der Waals surface area (Å²) >= 11 is 1.40. The maximum Gasteiger partial charge on any atom is 0.313 e. The average Bonchev–Trinajstić information content (AvgIpc) is 2.01. The van der Waals surface area contributed by atoms with Gasteiger partial charge >= 0.3 is 5.97 Å². The van der Waals surface area contributed by atoms with Gasteiger partial charge < -0.3 is 5.11 Å². The van der Waals surface area contributed by atoms with E-state index in [1.807, 2.05) is 24.3 Å². The molecule has 0 fully saturated rings. The Balaban J connectivity index is 2.44. The van der Waals surface area contributed by atoms with E-state index >= 15 is 0 Å². The highest BCUT2D eigenvalue weighted by molar-refractivity contribution is 8.03. The van der Waals surface area contributed by atoms with Crippen LogP contribution in [0.15, 0.2) is 35.3 Å². The first-order valence-electron chi connectivity index (χ1n) is 4.16. The number of allylic oxidation sites excluding steroid dienone is 6. The number of rotatable bonds is 3. The molecule has 1 N–H and O–H groups in total. The smallest absolute Gasteiger partial charge is 0.313 e. The van der Waals surface area contributed by atoms with Crippen LogP contribution in [-0.2, 0) is 4.79 Å². The molecule has 1 aliphatic rings. The molecule has 0 atom stereocenters. The van der Waals surface area contributed by atoms with Crippen LogP contribution >= 0.6 is 11.8 Å². The van der Waals surface area contributed by atoms with Crippen molar-refractivity contribution in [3.8, 4) is 0 Å². The van der Waals surface area contributed by atoms with Crippen LogP contribution in [0, 0.1) is 0 Å². The number of carboxylic acids is 1. The number of carbonyl (C=O) groups is 1. The molecule has 1 rings (SSSR count). The Kier molecular flexibility index (Phi) is 4.40. The van der Waals surface area contributed by atoms with Crippen molar-refractivity contribution in [1.29, 1.82) is 0 Å². The average molecular weight is 196 g/mol. The molecule has 0 aromatic rings. The van der Waals surface area contributed by atoms with Gasteiger partial charge in [-0.3, -0.25) is 4.79 Å². The summed E-state index contributed by atoms with van der Waals surface area (Å²) in [6, 6.07) is 0. The Morgan fingerprint density at radius 1 is 1.46 bits per heavy atom. The van der Waals surface area contributed by atoms with Crippen molar-refractivity contribution in [1.82, 2.24) is 0 Å². The molecule has 0 radical (unpaired) electrons. The fraction of sp³-hybridized carbons (Fsp3) is 0.300. The summed E-state index contributed by atoms with van der Waals surface area (Å²) in [6.45, 7) is 0. The van der Waals surface area contributed by atoms with Gasteiger partial charge in [-0.25, -0.2) is 0 Å². The summed E-state index contributed by atoms with van der Waals surface area (Å²) in [5.74, 6) is -0.601. The Morgan fingerprint density at radius 3 is 3.08 bits per heavy atom. The molecule has 0 aromatic heterocycles. The minimum atomic E-state index is -0.757. The predicted molar refractivity (Wildman–Crippen MR) is 55.7 cm³/mol.